The third kappa shape index (κ3) is 4.77. The van der Waals surface area contributed by atoms with Crippen LogP contribution in [0.3, 0.4) is 0 Å². The SMILES string of the molecule is COC(=O)c1ccc(NCC(=O)Nc2cc(Cl)c(Cl)cc2Cl)cc1. The van der Waals surface area contributed by atoms with Gasteiger partial charge in [0, 0.05) is 5.69 Å². The third-order valence-corrected chi connectivity index (χ3v) is 4.08. The average Bonchev–Trinajstić information content (AvgIpc) is 2.57. The molecule has 0 radical (unpaired) electrons. The van der Waals surface area contributed by atoms with Crippen molar-refractivity contribution in [3.8, 4) is 0 Å². The van der Waals surface area contributed by atoms with Crippen LogP contribution < -0.4 is 10.6 Å². The molecule has 0 heterocycles. The van der Waals surface area contributed by atoms with Gasteiger partial charge in [-0.15, -0.1) is 0 Å². The molecule has 0 aliphatic heterocycles. The summed E-state index contributed by atoms with van der Waals surface area (Å²) in [6.45, 7) is 0.00808. The van der Waals surface area contributed by atoms with Crippen LogP contribution in [0.4, 0.5) is 11.4 Å². The molecule has 0 aliphatic carbocycles. The van der Waals surface area contributed by atoms with E-state index in [1.165, 1.54) is 19.2 Å². The zero-order valence-corrected chi connectivity index (χ0v) is 14.8. The van der Waals surface area contributed by atoms with Crippen LogP contribution in [-0.4, -0.2) is 25.5 Å². The van der Waals surface area contributed by atoms with Gasteiger partial charge in [0.05, 0.1) is 40.0 Å². The van der Waals surface area contributed by atoms with E-state index in [1.807, 2.05) is 0 Å². The molecule has 8 heteroatoms. The molecule has 2 N–H and O–H groups in total. The first-order valence-corrected chi connectivity index (χ1v) is 7.90. The lowest BCUT2D eigenvalue weighted by atomic mass is 10.2. The van der Waals surface area contributed by atoms with E-state index in [1.54, 1.807) is 24.3 Å². The number of hydrogen-bond donors (Lipinski definition) is 2. The Morgan fingerprint density at radius 2 is 1.62 bits per heavy atom. The number of esters is 1. The predicted molar refractivity (Wildman–Crippen MR) is 96.4 cm³/mol. The van der Waals surface area contributed by atoms with Crippen molar-refractivity contribution in [2.45, 2.75) is 0 Å². The molecule has 2 rings (SSSR count). The standard InChI is InChI=1S/C16H13Cl3N2O3/c1-24-16(23)9-2-4-10(5-3-9)20-8-15(22)21-14-7-12(18)11(17)6-13(14)19/h2-7,20H,8H2,1H3,(H,21,22). The highest BCUT2D eigenvalue weighted by molar-refractivity contribution is 6.44. The van der Waals surface area contributed by atoms with E-state index in [-0.39, 0.29) is 12.5 Å². The Balaban J connectivity index is 1.94. The van der Waals surface area contributed by atoms with Crippen LogP contribution in [0.25, 0.3) is 0 Å². The minimum Gasteiger partial charge on any atom is -0.465 e. The number of halogens is 3. The zero-order chi connectivity index (χ0) is 17.7. The van der Waals surface area contributed by atoms with Gasteiger partial charge in [-0.3, -0.25) is 4.79 Å². The Kier molecular flexibility index (Phi) is 6.31. The van der Waals surface area contributed by atoms with Gasteiger partial charge in [-0.05, 0) is 36.4 Å². The number of ether oxygens (including phenoxy) is 1. The number of rotatable bonds is 5. The second-order valence-electron chi connectivity index (χ2n) is 4.72. The van der Waals surface area contributed by atoms with E-state index in [0.717, 1.165) is 0 Å². The number of carbonyl (C=O) groups is 2. The Hall–Kier alpha value is -1.95. The maximum Gasteiger partial charge on any atom is 0.337 e. The van der Waals surface area contributed by atoms with Crippen LogP contribution >= 0.6 is 34.8 Å². The molecule has 0 bridgehead atoms. The summed E-state index contributed by atoms with van der Waals surface area (Å²) < 4.78 is 4.61. The van der Waals surface area contributed by atoms with Gasteiger partial charge in [-0.25, -0.2) is 4.79 Å². The molecule has 0 aromatic heterocycles. The molecule has 24 heavy (non-hydrogen) atoms. The maximum atomic E-state index is 12.0. The van der Waals surface area contributed by atoms with Crippen LogP contribution in [0.5, 0.6) is 0 Å². The fourth-order valence-electron chi connectivity index (χ4n) is 1.84. The Labute approximate surface area is 153 Å². The van der Waals surface area contributed by atoms with Crippen molar-refractivity contribution in [1.29, 1.82) is 0 Å². The Morgan fingerprint density at radius 1 is 1.00 bits per heavy atom. The number of hydrogen-bond acceptors (Lipinski definition) is 4. The number of nitrogens with one attached hydrogen (secondary N) is 2. The summed E-state index contributed by atoms with van der Waals surface area (Å²) in [5.41, 5.74) is 1.48. The lowest BCUT2D eigenvalue weighted by molar-refractivity contribution is -0.114. The van der Waals surface area contributed by atoms with Crippen molar-refractivity contribution in [1.82, 2.24) is 0 Å². The van der Waals surface area contributed by atoms with Crippen LogP contribution in [0.15, 0.2) is 36.4 Å². The number of anilines is 2. The minimum absolute atomic E-state index is 0.00808. The fraction of sp³-hybridized carbons (Fsp3) is 0.125. The molecule has 2 aromatic carbocycles. The molecule has 0 atom stereocenters. The third-order valence-electron chi connectivity index (χ3n) is 3.04. The van der Waals surface area contributed by atoms with E-state index in [0.29, 0.717) is 32.0 Å². The van der Waals surface area contributed by atoms with Crippen molar-refractivity contribution >= 4 is 58.1 Å². The molecule has 0 fully saturated rings. The van der Waals surface area contributed by atoms with Gasteiger partial charge in [0.25, 0.3) is 0 Å². The average molecular weight is 388 g/mol. The first kappa shape index (κ1) is 18.4. The monoisotopic (exact) mass is 386 g/mol. The highest BCUT2D eigenvalue weighted by Crippen LogP contribution is 2.32. The van der Waals surface area contributed by atoms with Gasteiger partial charge in [-0.2, -0.15) is 0 Å². The highest BCUT2D eigenvalue weighted by atomic mass is 35.5. The minimum atomic E-state index is -0.423. The molecule has 2 aromatic rings. The normalized spacial score (nSPS) is 10.2. The van der Waals surface area contributed by atoms with Crippen LogP contribution in [0.1, 0.15) is 10.4 Å². The number of carbonyl (C=O) groups excluding carboxylic acids is 2. The quantitative estimate of drug-likeness (QED) is 0.586. The number of amides is 1. The summed E-state index contributed by atoms with van der Waals surface area (Å²) in [4.78, 5) is 23.3. The van der Waals surface area contributed by atoms with Crippen molar-refractivity contribution in [2.75, 3.05) is 24.3 Å². The first-order valence-electron chi connectivity index (χ1n) is 6.77. The van der Waals surface area contributed by atoms with E-state index in [4.69, 9.17) is 34.8 Å². The molecule has 1 amide bonds. The van der Waals surface area contributed by atoms with E-state index < -0.39 is 5.97 Å². The van der Waals surface area contributed by atoms with Crippen LogP contribution in [0.2, 0.25) is 15.1 Å². The zero-order valence-electron chi connectivity index (χ0n) is 12.5. The summed E-state index contributed by atoms with van der Waals surface area (Å²) in [6.07, 6.45) is 0. The lowest BCUT2D eigenvalue weighted by Crippen LogP contribution is -2.22. The highest BCUT2D eigenvalue weighted by Gasteiger charge is 2.10. The van der Waals surface area contributed by atoms with Gasteiger partial charge >= 0.3 is 5.97 Å². The van der Waals surface area contributed by atoms with Gasteiger partial charge in [0.2, 0.25) is 5.91 Å². The smallest absolute Gasteiger partial charge is 0.337 e. The summed E-state index contributed by atoms with van der Waals surface area (Å²) in [5.74, 6) is -0.735. The van der Waals surface area contributed by atoms with Crippen LogP contribution in [-0.2, 0) is 9.53 Å². The Bertz CT molecular complexity index is 764. The molecule has 126 valence electrons. The molecular weight excluding hydrogens is 375 g/mol. The Morgan fingerprint density at radius 3 is 2.25 bits per heavy atom. The number of benzene rings is 2. The molecule has 5 nitrogen and oxygen atoms in total. The maximum absolute atomic E-state index is 12.0. The summed E-state index contributed by atoms with van der Waals surface area (Å²) in [5, 5.41) is 6.46. The van der Waals surface area contributed by atoms with Crippen molar-refractivity contribution in [3.63, 3.8) is 0 Å². The van der Waals surface area contributed by atoms with Crippen LogP contribution in [0, 0.1) is 0 Å². The molecule has 0 aliphatic rings. The predicted octanol–water partition coefficient (Wildman–Crippen LogP) is 4.48. The second kappa shape index (κ2) is 8.24. The molecule has 0 unspecified atom stereocenters. The van der Waals surface area contributed by atoms with Gasteiger partial charge in [0.1, 0.15) is 0 Å². The molecule has 0 saturated heterocycles. The molecular formula is C16H13Cl3N2O3. The van der Waals surface area contributed by atoms with E-state index >= 15 is 0 Å². The van der Waals surface area contributed by atoms with E-state index in [2.05, 4.69) is 15.4 Å². The van der Waals surface area contributed by atoms with E-state index in [9.17, 15) is 9.59 Å². The van der Waals surface area contributed by atoms with Gasteiger partial charge < -0.3 is 15.4 Å². The summed E-state index contributed by atoms with van der Waals surface area (Å²) >= 11 is 17.7. The van der Waals surface area contributed by atoms with Crippen molar-refractivity contribution in [2.24, 2.45) is 0 Å². The summed E-state index contributed by atoms with van der Waals surface area (Å²) in [6, 6.07) is 9.48. The molecule has 0 spiro atoms. The first-order chi connectivity index (χ1) is 11.4. The second-order valence-corrected chi connectivity index (χ2v) is 5.94. The van der Waals surface area contributed by atoms with Crippen molar-refractivity contribution in [3.05, 3.63) is 57.0 Å². The summed E-state index contributed by atoms with van der Waals surface area (Å²) in [7, 11) is 1.31. The lowest BCUT2D eigenvalue weighted by Gasteiger charge is -2.10. The fourth-order valence-corrected chi connectivity index (χ4v) is 2.43. The number of methoxy groups -OCH3 is 1. The molecule has 0 saturated carbocycles. The largest absolute Gasteiger partial charge is 0.465 e. The topological polar surface area (TPSA) is 67.4 Å². The van der Waals surface area contributed by atoms with Crippen molar-refractivity contribution < 1.29 is 14.3 Å². The van der Waals surface area contributed by atoms with Gasteiger partial charge in [0.15, 0.2) is 0 Å². The van der Waals surface area contributed by atoms with Gasteiger partial charge in [-0.1, -0.05) is 34.8 Å².